The van der Waals surface area contributed by atoms with Crippen molar-refractivity contribution in [1.29, 1.82) is 0 Å². The van der Waals surface area contributed by atoms with E-state index in [2.05, 4.69) is 15.3 Å². The van der Waals surface area contributed by atoms with Crippen LogP contribution in [0, 0.1) is 0 Å². The lowest BCUT2D eigenvalue weighted by Gasteiger charge is -2.34. The van der Waals surface area contributed by atoms with Crippen LogP contribution in [-0.4, -0.2) is 21.9 Å². The smallest absolute Gasteiger partial charge is 0.246 e. The topological polar surface area (TPSA) is 58.1 Å². The number of nitrogens with one attached hydrogen (secondary N) is 1. The van der Waals surface area contributed by atoms with Crippen LogP contribution in [0.3, 0.4) is 0 Å². The van der Waals surface area contributed by atoms with Gasteiger partial charge in [0.1, 0.15) is 11.2 Å². The summed E-state index contributed by atoms with van der Waals surface area (Å²) in [6.45, 7) is 2.35. The number of hydrogen-bond donors (Lipinski definition) is 1. The van der Waals surface area contributed by atoms with Gasteiger partial charge in [0.25, 0.3) is 0 Å². The number of rotatable bonds is 2. The number of anilines is 2. The van der Waals surface area contributed by atoms with Gasteiger partial charge in [0.15, 0.2) is 5.82 Å². The Balaban J connectivity index is 2.00. The van der Waals surface area contributed by atoms with E-state index in [1.54, 1.807) is 18.3 Å². The van der Waals surface area contributed by atoms with Gasteiger partial charge in [-0.05, 0) is 31.2 Å². The molecular formula is C14H13ClN4O. The van der Waals surface area contributed by atoms with Crippen LogP contribution in [0.25, 0.3) is 0 Å². The molecule has 5 nitrogen and oxygen atoms in total. The van der Waals surface area contributed by atoms with Gasteiger partial charge in [0, 0.05) is 6.20 Å². The summed E-state index contributed by atoms with van der Waals surface area (Å²) < 4.78 is 0. The highest BCUT2D eigenvalue weighted by atomic mass is 35.5. The Hall–Kier alpha value is -2.14. The Kier molecular flexibility index (Phi) is 3.28. The van der Waals surface area contributed by atoms with Gasteiger partial charge in [0.2, 0.25) is 5.91 Å². The van der Waals surface area contributed by atoms with E-state index in [4.69, 9.17) is 11.6 Å². The highest BCUT2D eigenvalue weighted by Gasteiger charge is 2.30. The van der Waals surface area contributed by atoms with Crippen molar-refractivity contribution in [3.8, 4) is 0 Å². The molecule has 3 rings (SSSR count). The maximum atomic E-state index is 12.0. The van der Waals surface area contributed by atoms with Crippen molar-refractivity contribution in [3.63, 3.8) is 0 Å². The second kappa shape index (κ2) is 5.09. The summed E-state index contributed by atoms with van der Waals surface area (Å²) in [4.78, 5) is 22.5. The fourth-order valence-electron chi connectivity index (χ4n) is 2.18. The molecule has 3 heterocycles. The van der Waals surface area contributed by atoms with Gasteiger partial charge >= 0.3 is 0 Å². The van der Waals surface area contributed by atoms with Crippen LogP contribution < -0.4 is 10.2 Å². The number of hydrogen-bond acceptors (Lipinski definition) is 4. The molecule has 20 heavy (non-hydrogen) atoms. The number of pyridine rings is 2. The van der Waals surface area contributed by atoms with Crippen LogP contribution in [-0.2, 0) is 11.3 Å². The minimum atomic E-state index is -0.324. The molecule has 102 valence electrons. The van der Waals surface area contributed by atoms with E-state index >= 15 is 0 Å². The average molecular weight is 289 g/mol. The van der Waals surface area contributed by atoms with Gasteiger partial charge in [-0.2, -0.15) is 0 Å². The standard InChI is InChI=1S/C14H13ClN4O/c1-9-14(20)17-11-5-6-12(15)18-13(11)19(9)8-10-4-2-3-7-16-10/h2-7,9H,8H2,1H3,(H,17,20)/t9-/m0/s1. The molecule has 0 unspecified atom stereocenters. The molecule has 2 aromatic rings. The second-order valence-corrected chi connectivity index (χ2v) is 5.01. The highest BCUT2D eigenvalue weighted by Crippen LogP contribution is 2.32. The largest absolute Gasteiger partial charge is 0.337 e. The summed E-state index contributed by atoms with van der Waals surface area (Å²) in [7, 11) is 0. The Morgan fingerprint density at radius 1 is 1.35 bits per heavy atom. The summed E-state index contributed by atoms with van der Waals surface area (Å²) in [6.07, 6.45) is 1.73. The molecule has 1 aliphatic heterocycles. The molecule has 6 heteroatoms. The Bertz CT molecular complexity index is 647. The van der Waals surface area contributed by atoms with Crippen LogP contribution in [0.2, 0.25) is 5.15 Å². The van der Waals surface area contributed by atoms with Gasteiger partial charge in [-0.25, -0.2) is 4.98 Å². The predicted octanol–water partition coefficient (Wildman–Crippen LogP) is 2.48. The van der Waals surface area contributed by atoms with Crippen LogP contribution >= 0.6 is 11.6 Å². The lowest BCUT2D eigenvalue weighted by atomic mass is 10.1. The molecule has 0 fully saturated rings. The van der Waals surface area contributed by atoms with Gasteiger partial charge in [-0.15, -0.1) is 0 Å². The Morgan fingerprint density at radius 3 is 2.95 bits per heavy atom. The number of amides is 1. The van der Waals surface area contributed by atoms with E-state index in [1.807, 2.05) is 30.0 Å². The fourth-order valence-corrected chi connectivity index (χ4v) is 2.32. The summed E-state index contributed by atoms with van der Waals surface area (Å²) >= 11 is 5.96. The third kappa shape index (κ3) is 2.32. The van der Waals surface area contributed by atoms with Crippen molar-refractivity contribution in [2.45, 2.75) is 19.5 Å². The zero-order valence-electron chi connectivity index (χ0n) is 10.9. The maximum absolute atomic E-state index is 12.0. The van der Waals surface area contributed by atoms with Crippen LogP contribution in [0.5, 0.6) is 0 Å². The van der Waals surface area contributed by atoms with E-state index in [0.717, 1.165) is 5.69 Å². The SMILES string of the molecule is C[C@H]1C(=O)Nc2ccc(Cl)nc2N1Cc1ccccn1. The lowest BCUT2D eigenvalue weighted by molar-refractivity contribution is -0.117. The summed E-state index contributed by atoms with van der Waals surface area (Å²) in [5.74, 6) is 0.618. The van der Waals surface area contributed by atoms with Crippen molar-refractivity contribution in [2.75, 3.05) is 10.2 Å². The minimum absolute atomic E-state index is 0.0578. The summed E-state index contributed by atoms with van der Waals surface area (Å²) in [5, 5.41) is 3.23. The molecule has 0 radical (unpaired) electrons. The number of carbonyl (C=O) groups is 1. The molecule has 0 saturated heterocycles. The molecule has 1 amide bonds. The van der Waals surface area contributed by atoms with E-state index in [-0.39, 0.29) is 11.9 Å². The first-order valence-electron chi connectivity index (χ1n) is 6.29. The molecule has 0 saturated carbocycles. The third-order valence-corrected chi connectivity index (χ3v) is 3.49. The van der Waals surface area contributed by atoms with Gasteiger partial charge < -0.3 is 10.2 Å². The molecule has 0 spiro atoms. The maximum Gasteiger partial charge on any atom is 0.246 e. The first-order valence-corrected chi connectivity index (χ1v) is 6.67. The number of fused-ring (bicyclic) bond motifs is 1. The second-order valence-electron chi connectivity index (χ2n) is 4.62. The van der Waals surface area contributed by atoms with E-state index in [1.165, 1.54) is 0 Å². The van der Waals surface area contributed by atoms with Gasteiger partial charge in [-0.3, -0.25) is 9.78 Å². The molecule has 0 bridgehead atoms. The van der Waals surface area contributed by atoms with Crippen molar-refractivity contribution in [1.82, 2.24) is 9.97 Å². The monoisotopic (exact) mass is 288 g/mol. The van der Waals surface area contributed by atoms with E-state index in [9.17, 15) is 4.79 Å². The molecule has 1 atom stereocenters. The van der Waals surface area contributed by atoms with Crippen molar-refractivity contribution in [3.05, 3.63) is 47.4 Å². The van der Waals surface area contributed by atoms with Crippen molar-refractivity contribution in [2.24, 2.45) is 0 Å². The minimum Gasteiger partial charge on any atom is -0.337 e. The summed E-state index contributed by atoms with van der Waals surface area (Å²) in [5.41, 5.74) is 1.55. The number of nitrogens with zero attached hydrogens (tertiary/aromatic N) is 3. The molecule has 2 aromatic heterocycles. The molecule has 0 aromatic carbocycles. The molecule has 0 aliphatic carbocycles. The first kappa shape index (κ1) is 12.9. The van der Waals surface area contributed by atoms with Gasteiger partial charge in [-0.1, -0.05) is 17.7 Å². The zero-order chi connectivity index (χ0) is 14.1. The predicted molar refractivity (Wildman–Crippen MR) is 77.8 cm³/mol. The lowest BCUT2D eigenvalue weighted by Crippen LogP contribution is -2.46. The number of aromatic nitrogens is 2. The third-order valence-electron chi connectivity index (χ3n) is 3.28. The van der Waals surface area contributed by atoms with Gasteiger partial charge in [0.05, 0.1) is 17.9 Å². The van der Waals surface area contributed by atoms with Crippen LogP contribution in [0.1, 0.15) is 12.6 Å². The Morgan fingerprint density at radius 2 is 2.20 bits per heavy atom. The van der Waals surface area contributed by atoms with Crippen molar-refractivity contribution < 1.29 is 4.79 Å². The van der Waals surface area contributed by atoms with Crippen LogP contribution in [0.15, 0.2) is 36.5 Å². The number of halogens is 1. The normalized spacial score (nSPS) is 17.6. The molecule has 1 aliphatic rings. The first-order chi connectivity index (χ1) is 9.65. The molecule has 1 N–H and O–H groups in total. The fraction of sp³-hybridized carbons (Fsp3) is 0.214. The van der Waals surface area contributed by atoms with E-state index in [0.29, 0.717) is 23.2 Å². The quantitative estimate of drug-likeness (QED) is 0.863. The Labute approximate surface area is 121 Å². The average Bonchev–Trinajstić information content (AvgIpc) is 2.46. The summed E-state index contributed by atoms with van der Waals surface area (Å²) in [6, 6.07) is 8.80. The van der Waals surface area contributed by atoms with Crippen LogP contribution in [0.4, 0.5) is 11.5 Å². The highest BCUT2D eigenvalue weighted by molar-refractivity contribution is 6.29. The zero-order valence-corrected chi connectivity index (χ0v) is 11.6. The molecular weight excluding hydrogens is 276 g/mol. The van der Waals surface area contributed by atoms with Crippen molar-refractivity contribution >= 4 is 29.0 Å². The van der Waals surface area contributed by atoms with E-state index < -0.39 is 0 Å². The number of carbonyl (C=O) groups excluding carboxylic acids is 1.